The lowest BCUT2D eigenvalue weighted by atomic mass is 10.2. The fraction of sp³-hybridized carbons (Fsp3) is 0.222. The summed E-state index contributed by atoms with van der Waals surface area (Å²) in [4.78, 5) is 10.5. The Hall–Kier alpha value is -1.10. The van der Waals surface area contributed by atoms with Gasteiger partial charge in [0, 0.05) is 5.69 Å². The van der Waals surface area contributed by atoms with Crippen molar-refractivity contribution in [1.82, 2.24) is 0 Å². The molecule has 1 aromatic rings. The minimum absolute atomic E-state index is 0.353. The molecule has 1 unspecified atom stereocenters. The summed E-state index contributed by atoms with van der Waals surface area (Å²) in [5.74, 6) is -1.40. The second-order valence-electron chi connectivity index (χ2n) is 2.83. The molecule has 0 heterocycles. The van der Waals surface area contributed by atoms with E-state index in [0.29, 0.717) is 10.2 Å². The smallest absolute Gasteiger partial charge is 0.325 e. The minimum atomic E-state index is -0.978. The monoisotopic (exact) mass is 261 g/mol. The van der Waals surface area contributed by atoms with Crippen LogP contribution in [0.2, 0.25) is 0 Å². The van der Waals surface area contributed by atoms with E-state index in [2.05, 4.69) is 21.2 Å². The third kappa shape index (κ3) is 2.70. The van der Waals surface area contributed by atoms with Crippen molar-refractivity contribution in [3.63, 3.8) is 0 Å². The number of carbonyl (C=O) groups is 1. The van der Waals surface area contributed by atoms with Gasteiger partial charge in [-0.2, -0.15) is 0 Å². The molecule has 0 aliphatic heterocycles. The number of carboxylic acids is 1. The molecule has 0 amide bonds. The Labute approximate surface area is 89.1 Å². The molecule has 3 nitrogen and oxygen atoms in total. The Kier molecular flexibility index (Phi) is 3.46. The molecule has 0 saturated carbocycles. The molecule has 0 aliphatic rings. The first-order chi connectivity index (χ1) is 6.50. The molecule has 0 fully saturated rings. The van der Waals surface area contributed by atoms with Crippen molar-refractivity contribution < 1.29 is 14.3 Å². The molecule has 0 spiro atoms. The maximum atomic E-state index is 13.0. The van der Waals surface area contributed by atoms with Crippen LogP contribution in [0, 0.1) is 5.82 Å². The molecule has 0 aromatic heterocycles. The van der Waals surface area contributed by atoms with Crippen LogP contribution in [-0.2, 0) is 4.79 Å². The van der Waals surface area contributed by atoms with Crippen LogP contribution in [0.4, 0.5) is 10.1 Å². The van der Waals surface area contributed by atoms with Crippen LogP contribution in [0.1, 0.15) is 6.92 Å². The van der Waals surface area contributed by atoms with Crippen molar-refractivity contribution in [2.75, 3.05) is 5.32 Å². The molecule has 14 heavy (non-hydrogen) atoms. The van der Waals surface area contributed by atoms with Crippen molar-refractivity contribution in [2.45, 2.75) is 13.0 Å². The van der Waals surface area contributed by atoms with Gasteiger partial charge in [0.25, 0.3) is 0 Å². The molecular formula is C9H9BrFNO2. The van der Waals surface area contributed by atoms with E-state index in [-0.39, 0.29) is 0 Å². The third-order valence-electron chi connectivity index (χ3n) is 1.67. The summed E-state index contributed by atoms with van der Waals surface area (Å²) in [5, 5.41) is 11.3. The van der Waals surface area contributed by atoms with Crippen molar-refractivity contribution >= 4 is 27.6 Å². The van der Waals surface area contributed by atoms with Crippen LogP contribution >= 0.6 is 15.9 Å². The van der Waals surface area contributed by atoms with E-state index in [1.807, 2.05) is 0 Å². The summed E-state index contributed by atoms with van der Waals surface area (Å²) in [7, 11) is 0. The number of hydrogen-bond acceptors (Lipinski definition) is 2. The van der Waals surface area contributed by atoms with Gasteiger partial charge in [0.05, 0.1) is 4.47 Å². The predicted molar refractivity (Wildman–Crippen MR) is 54.8 cm³/mol. The molecule has 0 bridgehead atoms. The Morgan fingerprint density at radius 1 is 1.64 bits per heavy atom. The van der Waals surface area contributed by atoms with Gasteiger partial charge in [-0.1, -0.05) is 0 Å². The average Bonchev–Trinajstić information content (AvgIpc) is 2.11. The van der Waals surface area contributed by atoms with Crippen molar-refractivity contribution in [3.05, 3.63) is 28.5 Å². The first-order valence-corrected chi connectivity index (χ1v) is 4.74. The molecule has 1 aromatic carbocycles. The largest absolute Gasteiger partial charge is 0.480 e. The lowest BCUT2D eigenvalue weighted by Crippen LogP contribution is -2.25. The van der Waals surface area contributed by atoms with Crippen molar-refractivity contribution in [3.8, 4) is 0 Å². The normalized spacial score (nSPS) is 12.2. The molecule has 1 atom stereocenters. The maximum absolute atomic E-state index is 13.0. The Bertz CT molecular complexity index is 357. The van der Waals surface area contributed by atoms with Crippen LogP contribution in [-0.4, -0.2) is 17.1 Å². The zero-order valence-electron chi connectivity index (χ0n) is 7.42. The lowest BCUT2D eigenvalue weighted by molar-refractivity contribution is -0.137. The second-order valence-corrected chi connectivity index (χ2v) is 3.69. The number of benzene rings is 1. The van der Waals surface area contributed by atoms with Gasteiger partial charge in [-0.25, -0.2) is 4.39 Å². The summed E-state index contributed by atoms with van der Waals surface area (Å²) in [5.41, 5.74) is 0.445. The summed E-state index contributed by atoms with van der Waals surface area (Å²) in [6.07, 6.45) is 0. The van der Waals surface area contributed by atoms with Crippen LogP contribution in [0.3, 0.4) is 0 Å². The first-order valence-electron chi connectivity index (χ1n) is 3.95. The van der Waals surface area contributed by atoms with Crippen LogP contribution in [0.15, 0.2) is 22.7 Å². The number of rotatable bonds is 3. The quantitative estimate of drug-likeness (QED) is 0.879. The highest BCUT2D eigenvalue weighted by Gasteiger charge is 2.10. The number of hydrogen-bond donors (Lipinski definition) is 2. The fourth-order valence-corrected chi connectivity index (χ4v) is 1.14. The average molecular weight is 262 g/mol. The number of halogens is 2. The van der Waals surface area contributed by atoms with Gasteiger partial charge in [0.1, 0.15) is 11.9 Å². The minimum Gasteiger partial charge on any atom is -0.480 e. The highest BCUT2D eigenvalue weighted by molar-refractivity contribution is 9.10. The number of aliphatic carboxylic acids is 1. The van der Waals surface area contributed by atoms with Crippen LogP contribution in [0.25, 0.3) is 0 Å². The molecule has 0 radical (unpaired) electrons. The summed E-state index contributed by atoms with van der Waals surface area (Å²) in [6, 6.07) is 3.62. The van der Waals surface area contributed by atoms with E-state index in [1.165, 1.54) is 19.1 Å². The number of anilines is 1. The second kappa shape index (κ2) is 4.41. The Morgan fingerprint density at radius 2 is 2.29 bits per heavy atom. The van der Waals surface area contributed by atoms with Gasteiger partial charge < -0.3 is 10.4 Å². The summed E-state index contributed by atoms with van der Waals surface area (Å²) >= 11 is 3.01. The van der Waals surface area contributed by atoms with E-state index in [4.69, 9.17) is 5.11 Å². The molecule has 0 saturated heterocycles. The van der Waals surface area contributed by atoms with Gasteiger partial charge in [0.2, 0.25) is 0 Å². The topological polar surface area (TPSA) is 49.3 Å². The summed E-state index contributed by atoms with van der Waals surface area (Å²) in [6.45, 7) is 1.49. The summed E-state index contributed by atoms with van der Waals surface area (Å²) < 4.78 is 13.3. The Balaban J connectivity index is 2.78. The van der Waals surface area contributed by atoms with Gasteiger partial charge in [-0.15, -0.1) is 0 Å². The molecule has 0 aliphatic carbocycles. The fourth-order valence-electron chi connectivity index (χ4n) is 0.898. The number of carboxylic acid groups (broad SMARTS) is 1. The predicted octanol–water partition coefficient (Wildman–Crippen LogP) is 2.47. The molecule has 2 N–H and O–H groups in total. The van der Waals surface area contributed by atoms with E-state index in [0.717, 1.165) is 0 Å². The highest BCUT2D eigenvalue weighted by Crippen LogP contribution is 2.19. The SMILES string of the molecule is CC(Nc1ccc(Br)c(F)c1)C(=O)O. The van der Waals surface area contributed by atoms with E-state index >= 15 is 0 Å². The van der Waals surface area contributed by atoms with Crippen LogP contribution in [0.5, 0.6) is 0 Å². The highest BCUT2D eigenvalue weighted by atomic mass is 79.9. The van der Waals surface area contributed by atoms with Gasteiger partial charge in [0.15, 0.2) is 0 Å². The maximum Gasteiger partial charge on any atom is 0.325 e. The standard InChI is InChI=1S/C9H9BrFNO2/c1-5(9(13)14)12-6-2-3-7(10)8(11)4-6/h2-5,12H,1H3,(H,13,14). The molecular weight excluding hydrogens is 253 g/mol. The molecule has 1 rings (SSSR count). The van der Waals surface area contributed by atoms with E-state index in [9.17, 15) is 9.18 Å². The molecule has 76 valence electrons. The van der Waals surface area contributed by atoms with Crippen LogP contribution < -0.4 is 5.32 Å². The molecule has 5 heteroatoms. The third-order valence-corrected chi connectivity index (χ3v) is 2.32. The zero-order chi connectivity index (χ0) is 10.7. The van der Waals surface area contributed by atoms with Crippen molar-refractivity contribution in [1.29, 1.82) is 0 Å². The van der Waals surface area contributed by atoms with Gasteiger partial charge >= 0.3 is 5.97 Å². The van der Waals surface area contributed by atoms with Gasteiger partial charge in [-0.3, -0.25) is 4.79 Å². The first kappa shape index (κ1) is 11.0. The van der Waals surface area contributed by atoms with E-state index in [1.54, 1.807) is 6.07 Å². The lowest BCUT2D eigenvalue weighted by Gasteiger charge is -2.10. The van der Waals surface area contributed by atoms with E-state index < -0.39 is 17.8 Å². The van der Waals surface area contributed by atoms with Gasteiger partial charge in [-0.05, 0) is 41.1 Å². The Morgan fingerprint density at radius 3 is 2.79 bits per heavy atom. The van der Waals surface area contributed by atoms with Crippen molar-refractivity contribution in [2.24, 2.45) is 0 Å². The zero-order valence-corrected chi connectivity index (χ0v) is 9.01. The number of nitrogens with one attached hydrogen (secondary N) is 1.